The molecule has 26 heavy (non-hydrogen) atoms. The molecule has 1 fully saturated rings. The molecule has 0 N–H and O–H groups in total. The summed E-state index contributed by atoms with van der Waals surface area (Å²) < 4.78 is 0.877. The number of nitrogens with zero attached hydrogens (tertiary/aromatic N) is 3. The summed E-state index contributed by atoms with van der Waals surface area (Å²) in [6, 6.07) is 12.7. The molecule has 3 rings (SSSR count). The molecule has 0 spiro atoms. The number of hydrogen-bond acceptors (Lipinski definition) is 5. The molecule has 132 valence electrons. The normalized spacial score (nSPS) is 16.8. The Morgan fingerprint density at radius 3 is 2.65 bits per heavy atom. The lowest BCUT2D eigenvalue weighted by Crippen LogP contribution is -2.31. The number of benzene rings is 1. The summed E-state index contributed by atoms with van der Waals surface area (Å²) in [5.74, 6) is -0.507. The Kier molecular flexibility index (Phi) is 5.74. The largest absolute Gasteiger partial charge is 0.274 e. The maximum atomic E-state index is 12.8. The molecule has 2 aromatic rings. The third-order valence-corrected chi connectivity index (χ3v) is 5.70. The van der Waals surface area contributed by atoms with E-state index in [1.807, 2.05) is 6.07 Å². The molecule has 1 aliphatic rings. The molecular formula is C19H16BrN3O2S. The van der Waals surface area contributed by atoms with Gasteiger partial charge in [-0.1, -0.05) is 41.0 Å². The van der Waals surface area contributed by atoms with Gasteiger partial charge in [-0.2, -0.15) is 5.26 Å². The van der Waals surface area contributed by atoms with Crippen molar-refractivity contribution >= 4 is 45.2 Å². The van der Waals surface area contributed by atoms with E-state index in [2.05, 4.69) is 33.9 Å². The van der Waals surface area contributed by atoms with Crippen LogP contribution in [0.2, 0.25) is 0 Å². The van der Waals surface area contributed by atoms with E-state index >= 15 is 0 Å². The Hall–Kier alpha value is -2.17. The van der Waals surface area contributed by atoms with Crippen LogP contribution in [-0.2, 0) is 16.0 Å². The summed E-state index contributed by atoms with van der Waals surface area (Å²) in [6.07, 6.45) is 1.85. The number of rotatable bonds is 5. The molecule has 7 heteroatoms. The molecule has 0 radical (unpaired) electrons. The number of thioether (sulfide) groups is 1. The van der Waals surface area contributed by atoms with Crippen LogP contribution in [0, 0.1) is 11.3 Å². The number of imide groups is 1. The molecular weight excluding hydrogens is 414 g/mol. The molecule has 1 atom stereocenters. The minimum atomic E-state index is -0.567. The van der Waals surface area contributed by atoms with Gasteiger partial charge in [0.05, 0.1) is 16.5 Å². The van der Waals surface area contributed by atoms with E-state index in [1.54, 1.807) is 30.3 Å². The molecule has 0 aliphatic carbocycles. The first-order chi connectivity index (χ1) is 12.5. The summed E-state index contributed by atoms with van der Waals surface area (Å²) in [5, 5.41) is 9.27. The predicted molar refractivity (Wildman–Crippen MR) is 104 cm³/mol. The number of halogens is 1. The minimum absolute atomic E-state index is 0.101. The molecule has 1 aromatic carbocycles. The van der Waals surface area contributed by atoms with Crippen LogP contribution in [0.25, 0.3) is 0 Å². The minimum Gasteiger partial charge on any atom is -0.274 e. The van der Waals surface area contributed by atoms with Crippen molar-refractivity contribution < 1.29 is 9.59 Å². The molecule has 1 aliphatic heterocycles. The van der Waals surface area contributed by atoms with Gasteiger partial charge >= 0.3 is 0 Å². The molecule has 1 aromatic heterocycles. The summed E-state index contributed by atoms with van der Waals surface area (Å²) in [7, 11) is 0. The number of aryl methyl sites for hydroxylation is 1. The van der Waals surface area contributed by atoms with Crippen LogP contribution in [0.5, 0.6) is 0 Å². The molecule has 2 amide bonds. The van der Waals surface area contributed by atoms with Gasteiger partial charge in [0.2, 0.25) is 11.8 Å². The number of hydrogen-bond donors (Lipinski definition) is 0. The van der Waals surface area contributed by atoms with Gasteiger partial charge in [0.1, 0.15) is 11.1 Å². The van der Waals surface area contributed by atoms with Crippen molar-refractivity contribution in [2.75, 3.05) is 4.90 Å². The van der Waals surface area contributed by atoms with Crippen LogP contribution in [0.15, 0.2) is 45.9 Å². The van der Waals surface area contributed by atoms with E-state index < -0.39 is 5.25 Å². The zero-order valence-corrected chi connectivity index (χ0v) is 16.5. The quantitative estimate of drug-likeness (QED) is 0.668. The van der Waals surface area contributed by atoms with E-state index in [-0.39, 0.29) is 18.2 Å². The first kappa shape index (κ1) is 18.6. The van der Waals surface area contributed by atoms with Gasteiger partial charge in [0.25, 0.3) is 0 Å². The highest BCUT2D eigenvalue weighted by molar-refractivity contribution is 9.10. The van der Waals surface area contributed by atoms with Gasteiger partial charge in [-0.3, -0.25) is 9.59 Å². The maximum absolute atomic E-state index is 12.8. The predicted octanol–water partition coefficient (Wildman–Crippen LogP) is 4.09. The maximum Gasteiger partial charge on any atom is 0.247 e. The van der Waals surface area contributed by atoms with Gasteiger partial charge < -0.3 is 0 Å². The Balaban J connectivity index is 1.84. The number of pyridine rings is 1. The van der Waals surface area contributed by atoms with Crippen LogP contribution in [-0.4, -0.2) is 22.0 Å². The topological polar surface area (TPSA) is 74.1 Å². The number of nitriles is 1. The standard InChI is InChI=1S/C19H16BrN3O2S/c1-2-3-14-7-4-12(11-21)18(22-14)26-16-10-17(24)23(19(16)25)15-8-5-13(20)6-9-15/h4-9,16H,2-3,10H2,1H3. The van der Waals surface area contributed by atoms with Crippen molar-refractivity contribution in [2.24, 2.45) is 0 Å². The van der Waals surface area contributed by atoms with Crippen molar-refractivity contribution in [3.05, 3.63) is 52.1 Å². The van der Waals surface area contributed by atoms with Crippen molar-refractivity contribution in [3.8, 4) is 6.07 Å². The monoisotopic (exact) mass is 429 g/mol. The SMILES string of the molecule is CCCc1ccc(C#N)c(SC2CC(=O)N(c3ccc(Br)cc3)C2=O)n1. The highest BCUT2D eigenvalue weighted by Crippen LogP contribution is 2.35. The smallest absolute Gasteiger partial charge is 0.247 e. The zero-order chi connectivity index (χ0) is 18.7. The van der Waals surface area contributed by atoms with E-state index in [1.165, 1.54) is 16.7 Å². The Bertz CT molecular complexity index is 893. The summed E-state index contributed by atoms with van der Waals surface area (Å²) in [6.45, 7) is 2.06. The van der Waals surface area contributed by atoms with Gasteiger partial charge in [0, 0.05) is 16.6 Å². The van der Waals surface area contributed by atoms with Gasteiger partial charge in [-0.25, -0.2) is 9.88 Å². The molecule has 1 unspecified atom stereocenters. The summed E-state index contributed by atoms with van der Waals surface area (Å²) in [5.41, 5.74) is 1.87. The Morgan fingerprint density at radius 2 is 2.00 bits per heavy atom. The zero-order valence-electron chi connectivity index (χ0n) is 14.1. The van der Waals surface area contributed by atoms with Crippen LogP contribution >= 0.6 is 27.7 Å². The average Bonchev–Trinajstić information content (AvgIpc) is 2.90. The highest BCUT2D eigenvalue weighted by atomic mass is 79.9. The second kappa shape index (κ2) is 8.02. The van der Waals surface area contributed by atoms with E-state index in [9.17, 15) is 14.9 Å². The summed E-state index contributed by atoms with van der Waals surface area (Å²) >= 11 is 4.55. The van der Waals surface area contributed by atoms with Crippen molar-refractivity contribution in [1.82, 2.24) is 4.98 Å². The van der Waals surface area contributed by atoms with E-state index in [0.717, 1.165) is 23.0 Å². The van der Waals surface area contributed by atoms with Crippen molar-refractivity contribution in [3.63, 3.8) is 0 Å². The number of carbonyl (C=O) groups is 2. The van der Waals surface area contributed by atoms with Gasteiger partial charge in [-0.05, 0) is 42.8 Å². The third kappa shape index (κ3) is 3.81. The van der Waals surface area contributed by atoms with Crippen LogP contribution in [0.3, 0.4) is 0 Å². The van der Waals surface area contributed by atoms with Gasteiger partial charge in [-0.15, -0.1) is 0 Å². The number of amides is 2. The summed E-state index contributed by atoms with van der Waals surface area (Å²) in [4.78, 5) is 30.9. The van der Waals surface area contributed by atoms with E-state index in [4.69, 9.17) is 0 Å². The Morgan fingerprint density at radius 1 is 1.27 bits per heavy atom. The molecule has 1 saturated heterocycles. The van der Waals surface area contributed by atoms with Crippen LogP contribution in [0.1, 0.15) is 31.0 Å². The van der Waals surface area contributed by atoms with Crippen molar-refractivity contribution in [2.45, 2.75) is 36.5 Å². The van der Waals surface area contributed by atoms with E-state index in [0.29, 0.717) is 16.3 Å². The Labute approximate surface area is 164 Å². The lowest BCUT2D eigenvalue weighted by atomic mass is 10.2. The average molecular weight is 430 g/mol. The number of carbonyl (C=O) groups excluding carboxylic acids is 2. The highest BCUT2D eigenvalue weighted by Gasteiger charge is 2.40. The van der Waals surface area contributed by atoms with Crippen LogP contribution < -0.4 is 4.90 Å². The third-order valence-electron chi connectivity index (χ3n) is 3.99. The number of anilines is 1. The number of aromatic nitrogens is 1. The second-order valence-corrected chi connectivity index (χ2v) is 7.98. The van der Waals surface area contributed by atoms with Gasteiger partial charge in [0.15, 0.2) is 0 Å². The lowest BCUT2D eigenvalue weighted by molar-refractivity contribution is -0.121. The molecule has 0 saturated carbocycles. The molecule has 5 nitrogen and oxygen atoms in total. The van der Waals surface area contributed by atoms with Crippen molar-refractivity contribution in [1.29, 1.82) is 5.26 Å². The second-order valence-electron chi connectivity index (χ2n) is 5.87. The first-order valence-electron chi connectivity index (χ1n) is 8.22. The fourth-order valence-corrected chi connectivity index (χ4v) is 4.12. The fraction of sp³-hybridized carbons (Fsp3) is 0.263. The molecule has 2 heterocycles. The first-order valence-corrected chi connectivity index (χ1v) is 9.89. The fourth-order valence-electron chi connectivity index (χ4n) is 2.74. The lowest BCUT2D eigenvalue weighted by Gasteiger charge is -2.15. The van der Waals surface area contributed by atoms with Crippen LogP contribution in [0.4, 0.5) is 5.69 Å². The molecule has 0 bridgehead atoms.